The molecule has 16 heavy (non-hydrogen) atoms. The van der Waals surface area contributed by atoms with E-state index in [9.17, 15) is 0 Å². The molecule has 4 nitrogen and oxygen atoms in total. The highest BCUT2D eigenvalue weighted by molar-refractivity contribution is 5.54. The number of nitrogens with two attached hydrogens (primary N) is 1. The minimum absolute atomic E-state index is 0.518. The molecule has 0 aliphatic carbocycles. The summed E-state index contributed by atoms with van der Waals surface area (Å²) in [7, 11) is 0. The second-order valence-corrected chi connectivity index (χ2v) is 3.86. The normalized spacial score (nSPS) is 10.4. The molecule has 2 rings (SSSR count). The number of aryl methyl sites for hydroxylation is 2. The fourth-order valence-corrected chi connectivity index (χ4v) is 1.37. The van der Waals surface area contributed by atoms with Gasteiger partial charge in [0, 0.05) is 17.5 Å². The van der Waals surface area contributed by atoms with Crippen molar-refractivity contribution in [2.75, 3.05) is 5.73 Å². The first-order valence-electron chi connectivity index (χ1n) is 5.11. The standard InChI is InChI=1S/C12H14N4/c1-7-4-5-10(14-6-7)12-15-9(3)8(2)11(13)16-12/h4-6H,1-3H3,(H2,13,15,16). The van der Waals surface area contributed by atoms with Crippen LogP contribution in [-0.4, -0.2) is 15.0 Å². The Morgan fingerprint density at radius 1 is 1.06 bits per heavy atom. The minimum Gasteiger partial charge on any atom is -0.383 e. The molecule has 0 unspecified atom stereocenters. The van der Waals surface area contributed by atoms with Crippen molar-refractivity contribution in [2.45, 2.75) is 20.8 Å². The van der Waals surface area contributed by atoms with Gasteiger partial charge in [-0.05, 0) is 32.4 Å². The van der Waals surface area contributed by atoms with Gasteiger partial charge in [-0.2, -0.15) is 0 Å². The summed E-state index contributed by atoms with van der Waals surface area (Å²) in [5, 5.41) is 0. The van der Waals surface area contributed by atoms with Gasteiger partial charge < -0.3 is 5.73 Å². The van der Waals surface area contributed by atoms with E-state index in [-0.39, 0.29) is 0 Å². The van der Waals surface area contributed by atoms with Crippen LogP contribution in [0.2, 0.25) is 0 Å². The number of hydrogen-bond donors (Lipinski definition) is 1. The van der Waals surface area contributed by atoms with Crippen molar-refractivity contribution >= 4 is 5.82 Å². The predicted molar refractivity (Wildman–Crippen MR) is 63.9 cm³/mol. The molecule has 0 atom stereocenters. The van der Waals surface area contributed by atoms with Crippen LogP contribution in [0.25, 0.3) is 11.5 Å². The summed E-state index contributed by atoms with van der Waals surface area (Å²) in [4.78, 5) is 12.9. The molecule has 0 aliphatic heterocycles. The van der Waals surface area contributed by atoms with Gasteiger partial charge in [0.15, 0.2) is 5.82 Å². The fraction of sp³-hybridized carbons (Fsp3) is 0.250. The minimum atomic E-state index is 0.518. The SMILES string of the molecule is Cc1ccc(-c2nc(C)c(C)c(N)n2)nc1. The van der Waals surface area contributed by atoms with Gasteiger partial charge in [0.05, 0.1) is 0 Å². The summed E-state index contributed by atoms with van der Waals surface area (Å²) in [5.41, 5.74) is 9.49. The Bertz CT molecular complexity index is 494. The van der Waals surface area contributed by atoms with Crippen molar-refractivity contribution in [2.24, 2.45) is 0 Å². The number of nitrogen functional groups attached to an aromatic ring is 1. The molecule has 2 N–H and O–H groups in total. The first-order valence-corrected chi connectivity index (χ1v) is 5.11. The largest absolute Gasteiger partial charge is 0.383 e. The van der Waals surface area contributed by atoms with Crippen molar-refractivity contribution in [1.82, 2.24) is 15.0 Å². The van der Waals surface area contributed by atoms with E-state index in [0.29, 0.717) is 11.6 Å². The zero-order valence-electron chi connectivity index (χ0n) is 9.65. The van der Waals surface area contributed by atoms with Gasteiger partial charge in [-0.1, -0.05) is 6.07 Å². The fourth-order valence-electron chi connectivity index (χ4n) is 1.37. The Morgan fingerprint density at radius 3 is 2.38 bits per heavy atom. The van der Waals surface area contributed by atoms with E-state index in [1.54, 1.807) is 6.20 Å². The zero-order chi connectivity index (χ0) is 11.7. The van der Waals surface area contributed by atoms with Crippen LogP contribution in [-0.2, 0) is 0 Å². The maximum Gasteiger partial charge on any atom is 0.180 e. The molecule has 0 saturated heterocycles. The molecule has 2 aromatic heterocycles. The van der Waals surface area contributed by atoms with Crippen LogP contribution in [0.4, 0.5) is 5.82 Å². The Morgan fingerprint density at radius 2 is 1.81 bits per heavy atom. The third-order valence-corrected chi connectivity index (χ3v) is 2.57. The topological polar surface area (TPSA) is 64.7 Å². The van der Waals surface area contributed by atoms with Crippen LogP contribution in [0.15, 0.2) is 18.3 Å². The van der Waals surface area contributed by atoms with Crippen LogP contribution in [0, 0.1) is 20.8 Å². The Balaban J connectivity index is 2.52. The molecular formula is C12H14N4. The lowest BCUT2D eigenvalue weighted by molar-refractivity contribution is 1.06. The summed E-state index contributed by atoms with van der Waals surface area (Å²) < 4.78 is 0. The van der Waals surface area contributed by atoms with Crippen LogP contribution in [0.5, 0.6) is 0 Å². The van der Waals surface area contributed by atoms with Crippen LogP contribution in [0.3, 0.4) is 0 Å². The van der Waals surface area contributed by atoms with Crippen molar-refractivity contribution < 1.29 is 0 Å². The molecule has 0 spiro atoms. The Kier molecular flexibility index (Phi) is 2.56. The molecule has 0 bridgehead atoms. The molecule has 0 aromatic carbocycles. The average Bonchev–Trinajstić information content (AvgIpc) is 2.26. The summed E-state index contributed by atoms with van der Waals surface area (Å²) in [5.74, 6) is 1.10. The van der Waals surface area contributed by atoms with E-state index < -0.39 is 0 Å². The molecular weight excluding hydrogens is 200 g/mol. The third-order valence-electron chi connectivity index (χ3n) is 2.57. The van der Waals surface area contributed by atoms with Gasteiger partial charge in [0.25, 0.3) is 0 Å². The Labute approximate surface area is 94.6 Å². The molecule has 2 heterocycles. The number of anilines is 1. The smallest absolute Gasteiger partial charge is 0.180 e. The second kappa shape index (κ2) is 3.89. The summed E-state index contributed by atoms with van der Waals surface area (Å²) >= 11 is 0. The van der Waals surface area contributed by atoms with Gasteiger partial charge in [-0.15, -0.1) is 0 Å². The third kappa shape index (κ3) is 1.86. The highest BCUT2D eigenvalue weighted by Crippen LogP contribution is 2.17. The van der Waals surface area contributed by atoms with E-state index in [4.69, 9.17) is 5.73 Å². The first-order chi connectivity index (χ1) is 7.58. The monoisotopic (exact) mass is 214 g/mol. The van der Waals surface area contributed by atoms with Crippen LogP contribution < -0.4 is 5.73 Å². The maximum absolute atomic E-state index is 5.81. The second-order valence-electron chi connectivity index (χ2n) is 3.86. The van der Waals surface area contributed by atoms with Gasteiger partial charge in [-0.3, -0.25) is 4.98 Å². The molecule has 0 fully saturated rings. The number of pyridine rings is 1. The number of hydrogen-bond acceptors (Lipinski definition) is 4. The number of rotatable bonds is 1. The van der Waals surface area contributed by atoms with Gasteiger partial charge >= 0.3 is 0 Å². The molecule has 82 valence electrons. The van der Waals surface area contributed by atoms with Crippen molar-refractivity contribution in [3.8, 4) is 11.5 Å². The van der Waals surface area contributed by atoms with E-state index >= 15 is 0 Å². The van der Waals surface area contributed by atoms with E-state index in [0.717, 1.165) is 22.5 Å². The molecule has 0 amide bonds. The maximum atomic E-state index is 5.81. The van der Waals surface area contributed by atoms with Crippen LogP contribution in [0.1, 0.15) is 16.8 Å². The van der Waals surface area contributed by atoms with E-state index in [1.807, 2.05) is 32.9 Å². The molecule has 0 aliphatic rings. The lowest BCUT2D eigenvalue weighted by Gasteiger charge is -2.06. The lowest BCUT2D eigenvalue weighted by atomic mass is 10.2. The summed E-state index contributed by atoms with van der Waals surface area (Å²) in [6.07, 6.45) is 1.80. The predicted octanol–water partition coefficient (Wildman–Crippen LogP) is 2.05. The summed E-state index contributed by atoms with van der Waals surface area (Å²) in [6, 6.07) is 3.88. The van der Waals surface area contributed by atoms with Crippen molar-refractivity contribution in [3.05, 3.63) is 35.2 Å². The lowest BCUT2D eigenvalue weighted by Crippen LogP contribution is -2.02. The molecule has 4 heteroatoms. The highest BCUT2D eigenvalue weighted by atomic mass is 15.0. The highest BCUT2D eigenvalue weighted by Gasteiger charge is 2.07. The van der Waals surface area contributed by atoms with Gasteiger partial charge in [0.1, 0.15) is 11.5 Å². The van der Waals surface area contributed by atoms with Crippen LogP contribution >= 0.6 is 0 Å². The quantitative estimate of drug-likeness (QED) is 0.789. The summed E-state index contributed by atoms with van der Waals surface area (Å²) in [6.45, 7) is 5.83. The number of nitrogens with zero attached hydrogens (tertiary/aromatic N) is 3. The number of aromatic nitrogens is 3. The Hall–Kier alpha value is -1.97. The molecule has 2 aromatic rings. The molecule has 0 saturated carbocycles. The molecule has 0 radical (unpaired) electrons. The van der Waals surface area contributed by atoms with Gasteiger partial charge in [-0.25, -0.2) is 9.97 Å². The van der Waals surface area contributed by atoms with Gasteiger partial charge in [0.2, 0.25) is 0 Å². The van der Waals surface area contributed by atoms with Crippen molar-refractivity contribution in [3.63, 3.8) is 0 Å². The van der Waals surface area contributed by atoms with E-state index in [2.05, 4.69) is 15.0 Å². The first kappa shape index (κ1) is 10.5. The van der Waals surface area contributed by atoms with E-state index in [1.165, 1.54) is 0 Å². The zero-order valence-corrected chi connectivity index (χ0v) is 9.65. The average molecular weight is 214 g/mol. The van der Waals surface area contributed by atoms with Crippen molar-refractivity contribution in [1.29, 1.82) is 0 Å².